The molecule has 0 atom stereocenters. The topological polar surface area (TPSA) is 60.0 Å². The van der Waals surface area contributed by atoms with Crippen LogP contribution >= 0.6 is 0 Å². The van der Waals surface area contributed by atoms with Crippen molar-refractivity contribution in [2.75, 3.05) is 50.7 Å². The smallest absolute Gasteiger partial charge is 0.325 e. The molecular formula is C22H27N5O2. The van der Waals surface area contributed by atoms with Crippen molar-refractivity contribution in [3.05, 3.63) is 59.9 Å². The Kier molecular flexibility index (Phi) is 5.76. The van der Waals surface area contributed by atoms with Crippen molar-refractivity contribution < 1.29 is 9.59 Å². The number of carbonyl (C=O) groups is 2. The van der Waals surface area contributed by atoms with Crippen molar-refractivity contribution in [1.82, 2.24) is 19.7 Å². The minimum Gasteiger partial charge on any atom is -0.339 e. The van der Waals surface area contributed by atoms with Crippen LogP contribution < -0.4 is 4.90 Å². The van der Waals surface area contributed by atoms with Crippen LogP contribution in [0.25, 0.3) is 0 Å². The maximum Gasteiger partial charge on any atom is 0.325 e. The Labute approximate surface area is 171 Å². The summed E-state index contributed by atoms with van der Waals surface area (Å²) in [6, 6.07) is 13.8. The highest BCUT2D eigenvalue weighted by Crippen LogP contribution is 2.21. The van der Waals surface area contributed by atoms with Gasteiger partial charge in [0.25, 0.3) is 0 Å². The fourth-order valence-corrected chi connectivity index (χ4v) is 3.83. The van der Waals surface area contributed by atoms with Gasteiger partial charge in [-0.1, -0.05) is 23.8 Å². The van der Waals surface area contributed by atoms with Gasteiger partial charge in [-0.25, -0.2) is 4.79 Å². The van der Waals surface area contributed by atoms with Gasteiger partial charge in [0, 0.05) is 57.7 Å². The molecule has 3 amide bonds. The van der Waals surface area contributed by atoms with E-state index in [0.717, 1.165) is 36.6 Å². The van der Waals surface area contributed by atoms with Crippen molar-refractivity contribution in [1.29, 1.82) is 0 Å². The van der Waals surface area contributed by atoms with E-state index in [1.165, 1.54) is 0 Å². The molecule has 0 N–H and O–H groups in total. The number of benzene rings is 1. The van der Waals surface area contributed by atoms with E-state index in [0.29, 0.717) is 26.2 Å². The Bertz CT molecular complexity index is 847. The Morgan fingerprint density at radius 2 is 1.72 bits per heavy atom. The van der Waals surface area contributed by atoms with Crippen LogP contribution in [0.2, 0.25) is 0 Å². The first-order valence-corrected chi connectivity index (χ1v) is 10.1. The fourth-order valence-electron chi connectivity index (χ4n) is 3.83. The number of aryl methyl sites for hydroxylation is 1. The lowest BCUT2D eigenvalue weighted by Crippen LogP contribution is -2.51. The third kappa shape index (κ3) is 4.56. The second kappa shape index (κ2) is 8.61. The van der Waals surface area contributed by atoms with Crippen LogP contribution in [0.5, 0.6) is 0 Å². The maximum atomic E-state index is 12.7. The Morgan fingerprint density at radius 3 is 2.41 bits per heavy atom. The minimum atomic E-state index is -0.0870. The zero-order valence-corrected chi connectivity index (χ0v) is 16.8. The van der Waals surface area contributed by atoms with E-state index in [-0.39, 0.29) is 18.5 Å². The zero-order valence-electron chi connectivity index (χ0n) is 16.8. The predicted molar refractivity (Wildman–Crippen MR) is 112 cm³/mol. The summed E-state index contributed by atoms with van der Waals surface area (Å²) >= 11 is 0. The monoisotopic (exact) mass is 393 g/mol. The van der Waals surface area contributed by atoms with Gasteiger partial charge in [0.1, 0.15) is 6.54 Å². The number of piperazine rings is 1. The zero-order chi connectivity index (χ0) is 20.2. The van der Waals surface area contributed by atoms with Crippen LogP contribution in [0, 0.1) is 6.92 Å². The van der Waals surface area contributed by atoms with E-state index in [2.05, 4.69) is 9.88 Å². The van der Waals surface area contributed by atoms with E-state index >= 15 is 0 Å². The highest BCUT2D eigenvalue weighted by molar-refractivity contribution is 5.96. The Hall–Kier alpha value is -2.93. The summed E-state index contributed by atoms with van der Waals surface area (Å²) in [6.07, 6.45) is 1.81. The largest absolute Gasteiger partial charge is 0.339 e. The van der Waals surface area contributed by atoms with Gasteiger partial charge in [-0.15, -0.1) is 0 Å². The number of hydrogen-bond donors (Lipinski definition) is 0. The number of urea groups is 1. The van der Waals surface area contributed by atoms with Gasteiger partial charge in [0.15, 0.2) is 0 Å². The van der Waals surface area contributed by atoms with E-state index in [4.69, 9.17) is 0 Å². The molecule has 4 rings (SSSR count). The van der Waals surface area contributed by atoms with Crippen LogP contribution in [0.1, 0.15) is 11.3 Å². The highest BCUT2D eigenvalue weighted by atomic mass is 16.2. The van der Waals surface area contributed by atoms with Gasteiger partial charge >= 0.3 is 6.03 Å². The van der Waals surface area contributed by atoms with Crippen LogP contribution in [-0.4, -0.2) is 77.4 Å². The molecule has 7 nitrogen and oxygen atoms in total. The molecule has 0 spiro atoms. The summed E-state index contributed by atoms with van der Waals surface area (Å²) in [5.41, 5.74) is 3.10. The van der Waals surface area contributed by atoms with Crippen LogP contribution in [-0.2, 0) is 11.3 Å². The van der Waals surface area contributed by atoms with Gasteiger partial charge < -0.3 is 9.80 Å². The summed E-state index contributed by atoms with van der Waals surface area (Å²) in [7, 11) is 0. The first-order valence-electron chi connectivity index (χ1n) is 10.1. The van der Waals surface area contributed by atoms with Crippen molar-refractivity contribution in [2.45, 2.75) is 13.5 Å². The van der Waals surface area contributed by atoms with E-state index in [9.17, 15) is 9.59 Å². The second-order valence-corrected chi connectivity index (χ2v) is 7.67. The second-order valence-electron chi connectivity index (χ2n) is 7.67. The molecule has 0 bridgehead atoms. The molecular weight excluding hydrogens is 366 g/mol. The maximum absolute atomic E-state index is 12.7. The number of rotatable bonds is 5. The molecule has 0 aliphatic carbocycles. The fraction of sp³-hybridized carbons (Fsp3) is 0.409. The molecule has 152 valence electrons. The molecule has 0 unspecified atom stereocenters. The SMILES string of the molecule is Cc1ccc(N2CCN(CC(=O)N3CCN(Cc4ccccn4)CC3)C2=O)cc1. The lowest BCUT2D eigenvalue weighted by Gasteiger charge is -2.35. The first kappa shape index (κ1) is 19.4. The molecule has 2 aliphatic heterocycles. The van der Waals surface area contributed by atoms with Crippen molar-refractivity contribution in [3.8, 4) is 0 Å². The standard InChI is InChI=1S/C22H27N5O2/c1-18-5-7-20(8-6-18)27-15-14-26(22(27)29)17-21(28)25-12-10-24(11-13-25)16-19-4-2-3-9-23-19/h2-9H,10-17H2,1H3. The molecule has 7 heteroatoms. The van der Waals surface area contributed by atoms with Gasteiger partial charge in [-0.3, -0.25) is 19.6 Å². The van der Waals surface area contributed by atoms with Crippen molar-refractivity contribution in [3.63, 3.8) is 0 Å². The molecule has 2 aliphatic rings. The Balaban J connectivity index is 1.27. The lowest BCUT2D eigenvalue weighted by atomic mass is 10.2. The number of pyridine rings is 1. The third-order valence-electron chi connectivity index (χ3n) is 5.60. The molecule has 2 saturated heterocycles. The number of carbonyl (C=O) groups excluding carboxylic acids is 2. The number of hydrogen-bond acceptors (Lipinski definition) is 4. The number of nitrogens with zero attached hydrogens (tertiary/aromatic N) is 5. The average Bonchev–Trinajstić information content (AvgIpc) is 3.10. The van der Waals surface area contributed by atoms with Gasteiger partial charge in [-0.05, 0) is 31.2 Å². The molecule has 0 radical (unpaired) electrons. The molecule has 2 aromatic rings. The number of anilines is 1. The molecule has 3 heterocycles. The normalized spacial score (nSPS) is 17.8. The summed E-state index contributed by atoms with van der Waals surface area (Å²) in [5.74, 6) is 0.0293. The van der Waals surface area contributed by atoms with E-state index < -0.39 is 0 Å². The van der Waals surface area contributed by atoms with Crippen LogP contribution in [0.4, 0.5) is 10.5 Å². The molecule has 0 saturated carbocycles. The summed E-state index contributed by atoms with van der Waals surface area (Å²) in [4.78, 5) is 37.4. The summed E-state index contributed by atoms with van der Waals surface area (Å²) < 4.78 is 0. The number of amides is 3. The van der Waals surface area contributed by atoms with Crippen molar-refractivity contribution in [2.24, 2.45) is 0 Å². The first-order chi connectivity index (χ1) is 14.1. The van der Waals surface area contributed by atoms with E-state index in [1.54, 1.807) is 9.80 Å². The molecule has 2 fully saturated rings. The average molecular weight is 393 g/mol. The predicted octanol–water partition coefficient (Wildman–Crippen LogP) is 1.98. The third-order valence-corrected chi connectivity index (χ3v) is 5.60. The minimum absolute atomic E-state index is 0.0293. The van der Waals surface area contributed by atoms with Crippen LogP contribution in [0.15, 0.2) is 48.7 Å². The summed E-state index contributed by atoms with van der Waals surface area (Å²) in [5, 5.41) is 0. The quantitative estimate of drug-likeness (QED) is 0.779. The van der Waals surface area contributed by atoms with Crippen molar-refractivity contribution >= 4 is 17.6 Å². The molecule has 29 heavy (non-hydrogen) atoms. The van der Waals surface area contributed by atoms with E-state index in [1.807, 2.05) is 60.5 Å². The van der Waals surface area contributed by atoms with Gasteiger partial charge in [0.2, 0.25) is 5.91 Å². The summed E-state index contributed by atoms with van der Waals surface area (Å²) in [6.45, 7) is 7.21. The molecule has 1 aromatic heterocycles. The van der Waals surface area contributed by atoms with Gasteiger partial charge in [-0.2, -0.15) is 0 Å². The van der Waals surface area contributed by atoms with Gasteiger partial charge in [0.05, 0.1) is 5.69 Å². The Morgan fingerprint density at radius 1 is 0.966 bits per heavy atom. The van der Waals surface area contributed by atoms with Crippen LogP contribution in [0.3, 0.4) is 0 Å². The number of aromatic nitrogens is 1. The highest BCUT2D eigenvalue weighted by Gasteiger charge is 2.32. The lowest BCUT2D eigenvalue weighted by molar-refractivity contribution is -0.133. The molecule has 1 aromatic carbocycles.